The third-order valence-corrected chi connectivity index (χ3v) is 1.52. The number of alkyl halides is 3. The van der Waals surface area contributed by atoms with E-state index in [0.717, 1.165) is 0 Å². The first-order valence-corrected chi connectivity index (χ1v) is 3.36. The maximum Gasteiger partial charge on any atom is 0.399 e. The summed E-state index contributed by atoms with van der Waals surface area (Å²) in [6.45, 7) is -0.489. The minimum absolute atomic E-state index is 0.134. The van der Waals surface area contributed by atoms with Crippen molar-refractivity contribution in [2.24, 2.45) is 5.73 Å². The lowest BCUT2D eigenvalue weighted by Crippen LogP contribution is -2.27. The van der Waals surface area contributed by atoms with E-state index in [1.807, 2.05) is 0 Å². The van der Waals surface area contributed by atoms with Crippen LogP contribution in [0.15, 0.2) is 22.8 Å². The molecule has 1 rings (SSSR count). The molecule has 12 heavy (non-hydrogen) atoms. The lowest BCUT2D eigenvalue weighted by Gasteiger charge is -2.15. The van der Waals surface area contributed by atoms with Crippen LogP contribution in [0.4, 0.5) is 13.2 Å². The molecule has 68 valence electrons. The Hall–Kier alpha value is -0.970. The lowest BCUT2D eigenvalue weighted by atomic mass is 10.1. The summed E-state index contributed by atoms with van der Waals surface area (Å²) in [6.07, 6.45) is -3.13. The topological polar surface area (TPSA) is 39.2 Å². The third kappa shape index (κ3) is 1.79. The summed E-state index contributed by atoms with van der Waals surface area (Å²) in [5.41, 5.74) is 4.97. The van der Waals surface area contributed by atoms with Gasteiger partial charge in [0.2, 0.25) is 0 Å². The monoisotopic (exact) mass is 179 g/mol. The van der Waals surface area contributed by atoms with Crippen LogP contribution < -0.4 is 5.73 Å². The predicted molar refractivity (Wildman–Crippen MR) is 36.6 cm³/mol. The molecule has 1 aromatic heterocycles. The van der Waals surface area contributed by atoms with E-state index >= 15 is 0 Å². The van der Waals surface area contributed by atoms with Crippen molar-refractivity contribution in [2.75, 3.05) is 6.54 Å². The van der Waals surface area contributed by atoms with Gasteiger partial charge in [-0.05, 0) is 12.1 Å². The molecule has 0 fully saturated rings. The van der Waals surface area contributed by atoms with Crippen molar-refractivity contribution >= 4 is 0 Å². The molecule has 0 aliphatic carbocycles. The fraction of sp³-hybridized carbons (Fsp3) is 0.429. The molecule has 0 radical (unpaired) electrons. The highest BCUT2D eigenvalue weighted by atomic mass is 19.4. The summed E-state index contributed by atoms with van der Waals surface area (Å²) in [4.78, 5) is 0. The minimum Gasteiger partial charge on any atom is -0.469 e. The average molecular weight is 179 g/mol. The molecule has 0 spiro atoms. The second-order valence-electron chi connectivity index (χ2n) is 2.35. The largest absolute Gasteiger partial charge is 0.469 e. The summed E-state index contributed by atoms with van der Waals surface area (Å²) >= 11 is 0. The SMILES string of the molecule is NCC(c1ccco1)C(F)(F)F. The molecular weight excluding hydrogens is 171 g/mol. The van der Waals surface area contributed by atoms with E-state index in [1.54, 1.807) is 0 Å². The Morgan fingerprint density at radius 3 is 2.50 bits per heavy atom. The smallest absolute Gasteiger partial charge is 0.399 e. The normalized spacial score (nSPS) is 14.7. The first kappa shape index (κ1) is 9.12. The highest BCUT2D eigenvalue weighted by Crippen LogP contribution is 2.33. The zero-order valence-electron chi connectivity index (χ0n) is 6.14. The van der Waals surface area contributed by atoms with Gasteiger partial charge in [-0.2, -0.15) is 13.2 Å². The quantitative estimate of drug-likeness (QED) is 0.752. The van der Waals surface area contributed by atoms with E-state index in [-0.39, 0.29) is 5.76 Å². The molecular formula is C7H8F3NO. The van der Waals surface area contributed by atoms with Crippen LogP contribution in [0.3, 0.4) is 0 Å². The molecule has 0 aromatic carbocycles. The number of hydrogen-bond donors (Lipinski definition) is 1. The standard InChI is InChI=1S/C7H8F3NO/c8-7(9,10)5(4-11)6-2-1-3-12-6/h1-3,5H,4,11H2. The van der Waals surface area contributed by atoms with Gasteiger partial charge in [-0.25, -0.2) is 0 Å². The molecule has 0 amide bonds. The average Bonchev–Trinajstić information content (AvgIpc) is 2.38. The van der Waals surface area contributed by atoms with Crippen molar-refractivity contribution in [1.29, 1.82) is 0 Å². The second-order valence-corrected chi connectivity index (χ2v) is 2.35. The van der Waals surface area contributed by atoms with Gasteiger partial charge in [0.25, 0.3) is 0 Å². The van der Waals surface area contributed by atoms with Crippen molar-refractivity contribution in [2.45, 2.75) is 12.1 Å². The molecule has 1 heterocycles. The molecule has 1 aromatic rings. The van der Waals surface area contributed by atoms with Crippen LogP contribution in [0.2, 0.25) is 0 Å². The van der Waals surface area contributed by atoms with Crippen molar-refractivity contribution in [3.05, 3.63) is 24.2 Å². The molecule has 0 saturated carbocycles. The summed E-state index contributed by atoms with van der Waals surface area (Å²) in [5.74, 6) is -1.82. The zero-order chi connectivity index (χ0) is 9.19. The predicted octanol–water partition coefficient (Wildman–Crippen LogP) is 1.88. The highest BCUT2D eigenvalue weighted by molar-refractivity contribution is 5.08. The van der Waals surface area contributed by atoms with Crippen LogP contribution in [0.25, 0.3) is 0 Å². The number of halogens is 3. The first-order chi connectivity index (χ1) is 5.55. The molecule has 0 aliphatic heterocycles. The lowest BCUT2D eigenvalue weighted by molar-refractivity contribution is -0.151. The van der Waals surface area contributed by atoms with Gasteiger partial charge in [-0.1, -0.05) is 0 Å². The van der Waals surface area contributed by atoms with Gasteiger partial charge < -0.3 is 10.2 Å². The van der Waals surface area contributed by atoms with Crippen LogP contribution in [0.5, 0.6) is 0 Å². The Kier molecular flexibility index (Phi) is 2.42. The Morgan fingerprint density at radius 1 is 1.50 bits per heavy atom. The van der Waals surface area contributed by atoms with Gasteiger partial charge in [0, 0.05) is 6.54 Å². The van der Waals surface area contributed by atoms with Gasteiger partial charge in [0.1, 0.15) is 11.7 Å². The number of rotatable bonds is 2. The first-order valence-electron chi connectivity index (χ1n) is 3.36. The van der Waals surface area contributed by atoms with Gasteiger partial charge in [-0.3, -0.25) is 0 Å². The van der Waals surface area contributed by atoms with E-state index in [0.29, 0.717) is 0 Å². The maximum absolute atomic E-state index is 12.1. The molecule has 2 nitrogen and oxygen atoms in total. The fourth-order valence-corrected chi connectivity index (χ4v) is 0.901. The van der Waals surface area contributed by atoms with Gasteiger partial charge in [0.05, 0.1) is 6.26 Å². The minimum atomic E-state index is -4.33. The van der Waals surface area contributed by atoms with E-state index in [9.17, 15) is 13.2 Å². The van der Waals surface area contributed by atoms with Gasteiger partial charge in [0.15, 0.2) is 0 Å². The summed E-state index contributed by atoms with van der Waals surface area (Å²) in [7, 11) is 0. The molecule has 5 heteroatoms. The van der Waals surface area contributed by atoms with E-state index in [2.05, 4.69) is 4.42 Å². The Bertz CT molecular complexity index is 229. The number of furan rings is 1. The molecule has 2 N–H and O–H groups in total. The zero-order valence-corrected chi connectivity index (χ0v) is 6.14. The number of hydrogen-bond acceptors (Lipinski definition) is 2. The van der Waals surface area contributed by atoms with E-state index < -0.39 is 18.6 Å². The van der Waals surface area contributed by atoms with Gasteiger partial charge in [-0.15, -0.1) is 0 Å². The van der Waals surface area contributed by atoms with Crippen LogP contribution in [-0.2, 0) is 0 Å². The van der Waals surface area contributed by atoms with Crippen molar-refractivity contribution in [3.8, 4) is 0 Å². The molecule has 1 unspecified atom stereocenters. The van der Waals surface area contributed by atoms with Gasteiger partial charge >= 0.3 is 6.18 Å². The Balaban J connectivity index is 2.84. The summed E-state index contributed by atoms with van der Waals surface area (Å²) in [6, 6.07) is 2.68. The van der Waals surface area contributed by atoms with Crippen molar-refractivity contribution in [1.82, 2.24) is 0 Å². The van der Waals surface area contributed by atoms with Crippen LogP contribution in [-0.4, -0.2) is 12.7 Å². The molecule has 1 atom stereocenters. The fourth-order valence-electron chi connectivity index (χ4n) is 0.901. The number of nitrogens with two attached hydrogens (primary N) is 1. The van der Waals surface area contributed by atoms with Crippen LogP contribution >= 0.6 is 0 Å². The Morgan fingerprint density at radius 2 is 2.17 bits per heavy atom. The van der Waals surface area contributed by atoms with E-state index in [1.165, 1.54) is 18.4 Å². The molecule has 0 aliphatic rings. The maximum atomic E-state index is 12.1. The van der Waals surface area contributed by atoms with Crippen molar-refractivity contribution < 1.29 is 17.6 Å². The highest BCUT2D eigenvalue weighted by Gasteiger charge is 2.41. The van der Waals surface area contributed by atoms with Crippen LogP contribution in [0.1, 0.15) is 11.7 Å². The molecule has 0 bridgehead atoms. The summed E-state index contributed by atoms with van der Waals surface area (Å²) in [5, 5.41) is 0. The van der Waals surface area contributed by atoms with Crippen molar-refractivity contribution in [3.63, 3.8) is 0 Å². The van der Waals surface area contributed by atoms with E-state index in [4.69, 9.17) is 5.73 Å². The second kappa shape index (κ2) is 3.18. The van der Waals surface area contributed by atoms with Crippen LogP contribution in [0, 0.1) is 0 Å². The third-order valence-electron chi connectivity index (χ3n) is 1.52. The Labute approximate surface area is 67.2 Å². The molecule has 0 saturated heterocycles. The summed E-state index contributed by atoms with van der Waals surface area (Å²) < 4.78 is 41.0.